The average molecular weight is 303 g/mol. The Kier molecular flexibility index (Phi) is 5.75. The number of carboxylic acid groups (broad SMARTS) is 1. The lowest BCUT2D eigenvalue weighted by Crippen LogP contribution is -2.35. The van der Waals surface area contributed by atoms with Crippen molar-refractivity contribution >= 4 is 11.9 Å². The lowest BCUT2D eigenvalue weighted by Gasteiger charge is -2.23. The lowest BCUT2D eigenvalue weighted by atomic mass is 10.1. The molecule has 116 valence electrons. The topological polar surface area (TPSA) is 57.6 Å². The van der Waals surface area contributed by atoms with Gasteiger partial charge in [0.15, 0.2) is 0 Å². The van der Waals surface area contributed by atoms with Crippen LogP contribution in [0.4, 0.5) is 13.2 Å². The molecule has 0 aliphatic heterocycles. The number of hydrogen-bond acceptors (Lipinski definition) is 2. The molecule has 0 spiro atoms. The number of aliphatic carboxylic acids is 1. The second-order valence-electron chi connectivity index (χ2n) is 4.48. The Morgan fingerprint density at radius 2 is 1.81 bits per heavy atom. The first-order chi connectivity index (χ1) is 9.77. The van der Waals surface area contributed by atoms with E-state index in [1.54, 1.807) is 6.92 Å². The van der Waals surface area contributed by atoms with Crippen molar-refractivity contribution in [3.05, 3.63) is 35.4 Å². The Balaban J connectivity index is 3.06. The van der Waals surface area contributed by atoms with Gasteiger partial charge in [0.25, 0.3) is 5.91 Å². The average Bonchev–Trinajstić information content (AvgIpc) is 2.41. The molecule has 1 amide bonds. The van der Waals surface area contributed by atoms with Gasteiger partial charge in [0.1, 0.15) is 0 Å². The first kappa shape index (κ1) is 17.0. The lowest BCUT2D eigenvalue weighted by molar-refractivity contribution is -0.139. The maximum Gasteiger partial charge on any atom is 0.417 e. The van der Waals surface area contributed by atoms with Crippen molar-refractivity contribution in [1.29, 1.82) is 0 Å². The molecule has 0 atom stereocenters. The van der Waals surface area contributed by atoms with Crippen LogP contribution >= 0.6 is 0 Å². The summed E-state index contributed by atoms with van der Waals surface area (Å²) in [6.45, 7) is 1.85. The Labute approximate surface area is 120 Å². The van der Waals surface area contributed by atoms with E-state index in [1.807, 2.05) is 0 Å². The minimum Gasteiger partial charge on any atom is -0.481 e. The van der Waals surface area contributed by atoms with Gasteiger partial charge < -0.3 is 10.0 Å². The number of alkyl halides is 3. The Morgan fingerprint density at radius 3 is 2.33 bits per heavy atom. The van der Waals surface area contributed by atoms with Crippen LogP contribution in [0.15, 0.2) is 24.3 Å². The molecule has 0 heterocycles. The van der Waals surface area contributed by atoms with E-state index in [9.17, 15) is 22.8 Å². The third-order valence-electron chi connectivity index (χ3n) is 2.84. The van der Waals surface area contributed by atoms with Gasteiger partial charge in [0, 0.05) is 13.1 Å². The molecule has 0 saturated carbocycles. The van der Waals surface area contributed by atoms with Crippen LogP contribution in [0, 0.1) is 0 Å². The number of carbonyl (C=O) groups is 2. The zero-order valence-corrected chi connectivity index (χ0v) is 11.5. The fourth-order valence-corrected chi connectivity index (χ4v) is 1.90. The highest BCUT2D eigenvalue weighted by Crippen LogP contribution is 2.32. The highest BCUT2D eigenvalue weighted by Gasteiger charge is 2.35. The summed E-state index contributed by atoms with van der Waals surface area (Å²) in [6, 6.07) is 4.51. The summed E-state index contributed by atoms with van der Waals surface area (Å²) in [4.78, 5) is 24.0. The minimum absolute atomic E-state index is 0.117. The maximum atomic E-state index is 12.9. The van der Waals surface area contributed by atoms with Crippen LogP contribution in [0.2, 0.25) is 0 Å². The molecule has 1 aromatic rings. The van der Waals surface area contributed by atoms with Gasteiger partial charge in [-0.3, -0.25) is 9.59 Å². The summed E-state index contributed by atoms with van der Waals surface area (Å²) in [5, 5.41) is 8.65. The maximum absolute atomic E-state index is 12.9. The van der Waals surface area contributed by atoms with Crippen LogP contribution in [0.3, 0.4) is 0 Å². The predicted octanol–water partition coefficient (Wildman–Crippen LogP) is 3.03. The molecule has 0 radical (unpaired) electrons. The summed E-state index contributed by atoms with van der Waals surface area (Å²) in [6.07, 6.45) is -4.41. The zero-order valence-electron chi connectivity index (χ0n) is 11.5. The molecule has 1 N–H and O–H groups in total. The van der Waals surface area contributed by atoms with Crippen molar-refractivity contribution < 1.29 is 27.9 Å². The van der Waals surface area contributed by atoms with Crippen LogP contribution in [0.25, 0.3) is 0 Å². The summed E-state index contributed by atoms with van der Waals surface area (Å²) < 4.78 is 38.7. The molecule has 21 heavy (non-hydrogen) atoms. The van der Waals surface area contributed by atoms with E-state index >= 15 is 0 Å². The van der Waals surface area contributed by atoms with Crippen LogP contribution in [-0.2, 0) is 11.0 Å². The van der Waals surface area contributed by atoms with Gasteiger partial charge in [-0.2, -0.15) is 13.2 Å². The zero-order chi connectivity index (χ0) is 16.0. The fraction of sp³-hybridized carbons (Fsp3) is 0.429. The molecule has 1 rings (SSSR count). The summed E-state index contributed by atoms with van der Waals surface area (Å²) in [5.74, 6) is -1.90. The van der Waals surface area contributed by atoms with Crippen molar-refractivity contribution in [2.45, 2.75) is 25.9 Å². The van der Waals surface area contributed by atoms with Crippen molar-refractivity contribution in [1.82, 2.24) is 4.90 Å². The Hall–Kier alpha value is -2.05. The second-order valence-corrected chi connectivity index (χ2v) is 4.48. The normalized spacial score (nSPS) is 11.2. The van der Waals surface area contributed by atoms with Gasteiger partial charge in [0.05, 0.1) is 17.5 Å². The van der Waals surface area contributed by atoms with Gasteiger partial charge in [-0.15, -0.1) is 0 Å². The van der Waals surface area contributed by atoms with Crippen LogP contribution in [-0.4, -0.2) is 35.0 Å². The van der Waals surface area contributed by atoms with Gasteiger partial charge >= 0.3 is 12.1 Å². The van der Waals surface area contributed by atoms with Crippen molar-refractivity contribution in [3.63, 3.8) is 0 Å². The molecule has 0 saturated heterocycles. The number of benzene rings is 1. The monoisotopic (exact) mass is 303 g/mol. The Bertz CT molecular complexity index is 514. The highest BCUT2D eigenvalue weighted by atomic mass is 19.4. The molecule has 1 aromatic carbocycles. The molecule has 0 unspecified atom stereocenters. The molecule has 0 aromatic heterocycles. The van der Waals surface area contributed by atoms with E-state index in [-0.39, 0.29) is 19.5 Å². The van der Waals surface area contributed by atoms with Crippen molar-refractivity contribution in [2.24, 2.45) is 0 Å². The van der Waals surface area contributed by atoms with Gasteiger partial charge in [-0.05, 0) is 18.6 Å². The molecular weight excluding hydrogens is 287 g/mol. The molecule has 0 aliphatic rings. The van der Waals surface area contributed by atoms with E-state index < -0.39 is 29.2 Å². The van der Waals surface area contributed by atoms with Crippen LogP contribution in [0.1, 0.15) is 35.7 Å². The quantitative estimate of drug-likeness (QED) is 0.879. The molecule has 0 aliphatic carbocycles. The van der Waals surface area contributed by atoms with E-state index in [0.29, 0.717) is 6.42 Å². The van der Waals surface area contributed by atoms with Gasteiger partial charge in [-0.25, -0.2) is 0 Å². The predicted molar refractivity (Wildman–Crippen MR) is 69.9 cm³/mol. The summed E-state index contributed by atoms with van der Waals surface area (Å²) in [5.41, 5.74) is -1.46. The summed E-state index contributed by atoms with van der Waals surface area (Å²) in [7, 11) is 0. The van der Waals surface area contributed by atoms with Gasteiger partial charge in [-0.1, -0.05) is 19.1 Å². The highest BCUT2D eigenvalue weighted by molar-refractivity contribution is 5.96. The number of hydrogen-bond donors (Lipinski definition) is 1. The second kappa shape index (κ2) is 7.10. The summed E-state index contributed by atoms with van der Waals surface area (Å²) >= 11 is 0. The van der Waals surface area contributed by atoms with Crippen LogP contribution in [0.5, 0.6) is 0 Å². The number of carboxylic acids is 1. The Morgan fingerprint density at radius 1 is 1.19 bits per heavy atom. The fourth-order valence-electron chi connectivity index (χ4n) is 1.90. The van der Waals surface area contributed by atoms with E-state index in [4.69, 9.17) is 5.11 Å². The molecular formula is C14H16F3NO3. The standard InChI is InChI=1S/C14H16F3NO3/c1-2-8-18(9-7-12(19)20)13(21)10-5-3-4-6-11(10)14(15,16)17/h3-6H,2,7-9H2,1H3,(H,19,20). The largest absolute Gasteiger partial charge is 0.481 e. The first-order valence-corrected chi connectivity index (χ1v) is 6.44. The third-order valence-corrected chi connectivity index (χ3v) is 2.84. The van der Waals surface area contributed by atoms with Gasteiger partial charge in [0.2, 0.25) is 0 Å². The number of carbonyl (C=O) groups excluding carboxylic acids is 1. The van der Waals surface area contributed by atoms with E-state index in [2.05, 4.69) is 0 Å². The minimum atomic E-state index is -4.63. The number of nitrogens with zero attached hydrogens (tertiary/aromatic N) is 1. The molecule has 4 nitrogen and oxygen atoms in total. The third kappa shape index (κ3) is 4.77. The SMILES string of the molecule is CCCN(CCC(=O)O)C(=O)c1ccccc1C(F)(F)F. The van der Waals surface area contributed by atoms with E-state index in [0.717, 1.165) is 17.0 Å². The smallest absolute Gasteiger partial charge is 0.417 e. The molecule has 0 fully saturated rings. The first-order valence-electron chi connectivity index (χ1n) is 6.44. The van der Waals surface area contributed by atoms with E-state index in [1.165, 1.54) is 12.1 Å². The van der Waals surface area contributed by atoms with Crippen LogP contribution < -0.4 is 0 Å². The number of rotatable bonds is 6. The molecule has 0 bridgehead atoms. The molecule has 7 heteroatoms. The van der Waals surface area contributed by atoms with Crippen molar-refractivity contribution in [2.75, 3.05) is 13.1 Å². The number of amides is 1. The number of halogens is 3. The van der Waals surface area contributed by atoms with Crippen molar-refractivity contribution in [3.8, 4) is 0 Å².